The summed E-state index contributed by atoms with van der Waals surface area (Å²) in [5, 5.41) is 13.5. The number of hydrogen-bond acceptors (Lipinski definition) is 4. The van der Waals surface area contributed by atoms with E-state index < -0.39 is 4.92 Å². The Morgan fingerprint density at radius 2 is 1.92 bits per heavy atom. The number of carbonyl (C=O) groups excluding carboxylic acids is 1. The second-order valence-corrected chi connectivity index (χ2v) is 6.55. The molecule has 0 saturated heterocycles. The molecular weight excluding hydrogens is 356 g/mol. The van der Waals surface area contributed by atoms with Crippen LogP contribution < -0.4 is 10.1 Å². The first-order valence-corrected chi connectivity index (χ1v) is 8.71. The summed E-state index contributed by atoms with van der Waals surface area (Å²) < 4.78 is 5.62. The maximum absolute atomic E-state index is 11.9. The Labute approximate surface area is 157 Å². The fraction of sp³-hybridized carbons (Fsp3) is 0.316. The van der Waals surface area contributed by atoms with E-state index in [0.29, 0.717) is 24.6 Å². The highest BCUT2D eigenvalue weighted by molar-refractivity contribution is 6.32. The predicted octanol–water partition coefficient (Wildman–Crippen LogP) is 5.17. The van der Waals surface area contributed by atoms with Crippen LogP contribution in [0, 0.1) is 10.1 Å². The summed E-state index contributed by atoms with van der Waals surface area (Å²) in [5.74, 6) is 1.000. The Morgan fingerprint density at radius 3 is 2.54 bits per heavy atom. The number of rotatable bonds is 8. The maximum Gasteiger partial charge on any atom is 0.289 e. The number of amides is 1. The Balaban J connectivity index is 1.77. The Kier molecular flexibility index (Phi) is 6.97. The predicted molar refractivity (Wildman–Crippen MR) is 102 cm³/mol. The SMILES string of the molecule is CC(C)c1ccc(OCCCC(=O)Nc2ccc(Cl)c([N+](=O)[O-])c2)cc1. The number of benzene rings is 2. The topological polar surface area (TPSA) is 81.5 Å². The van der Waals surface area contributed by atoms with Crippen molar-refractivity contribution in [3.05, 3.63) is 63.2 Å². The lowest BCUT2D eigenvalue weighted by atomic mass is 10.0. The van der Waals surface area contributed by atoms with Gasteiger partial charge in [-0.1, -0.05) is 37.6 Å². The van der Waals surface area contributed by atoms with Crippen molar-refractivity contribution in [3.63, 3.8) is 0 Å². The van der Waals surface area contributed by atoms with Crippen LogP contribution in [0.3, 0.4) is 0 Å². The van der Waals surface area contributed by atoms with Crippen molar-refractivity contribution in [1.82, 2.24) is 0 Å². The van der Waals surface area contributed by atoms with Crippen LogP contribution >= 0.6 is 11.6 Å². The van der Waals surface area contributed by atoms with Crippen molar-refractivity contribution < 1.29 is 14.5 Å². The molecular formula is C19H21ClN2O4. The van der Waals surface area contributed by atoms with Gasteiger partial charge < -0.3 is 10.1 Å². The maximum atomic E-state index is 11.9. The van der Waals surface area contributed by atoms with Crippen molar-refractivity contribution in [3.8, 4) is 5.75 Å². The highest BCUT2D eigenvalue weighted by Gasteiger charge is 2.13. The van der Waals surface area contributed by atoms with Crippen molar-refractivity contribution >= 4 is 28.9 Å². The minimum absolute atomic E-state index is 0.0323. The average Bonchev–Trinajstić information content (AvgIpc) is 2.60. The second-order valence-electron chi connectivity index (χ2n) is 6.15. The molecule has 2 rings (SSSR count). The zero-order valence-corrected chi connectivity index (χ0v) is 15.5. The summed E-state index contributed by atoms with van der Waals surface area (Å²) in [6.07, 6.45) is 0.786. The van der Waals surface area contributed by atoms with Gasteiger partial charge in [-0.2, -0.15) is 0 Å². The van der Waals surface area contributed by atoms with Gasteiger partial charge in [0.05, 0.1) is 11.5 Å². The lowest BCUT2D eigenvalue weighted by molar-refractivity contribution is -0.384. The lowest BCUT2D eigenvalue weighted by Gasteiger charge is -2.09. The molecule has 0 aliphatic heterocycles. The number of hydrogen-bond donors (Lipinski definition) is 1. The number of halogens is 1. The van der Waals surface area contributed by atoms with E-state index >= 15 is 0 Å². The molecule has 2 aromatic carbocycles. The molecule has 1 N–H and O–H groups in total. The first-order valence-electron chi connectivity index (χ1n) is 8.33. The van der Waals surface area contributed by atoms with Gasteiger partial charge in [-0.15, -0.1) is 0 Å². The minimum Gasteiger partial charge on any atom is -0.494 e. The number of nitro benzene ring substituents is 1. The van der Waals surface area contributed by atoms with Gasteiger partial charge in [-0.3, -0.25) is 14.9 Å². The van der Waals surface area contributed by atoms with Gasteiger partial charge >= 0.3 is 0 Å². The molecule has 0 heterocycles. The van der Waals surface area contributed by atoms with E-state index in [9.17, 15) is 14.9 Å². The number of anilines is 1. The van der Waals surface area contributed by atoms with Gasteiger partial charge in [-0.25, -0.2) is 0 Å². The summed E-state index contributed by atoms with van der Waals surface area (Å²) in [5.41, 5.74) is 1.35. The number of nitrogens with zero attached hydrogens (tertiary/aromatic N) is 1. The van der Waals surface area contributed by atoms with Gasteiger partial charge in [-0.05, 0) is 42.2 Å². The zero-order valence-electron chi connectivity index (χ0n) is 14.7. The van der Waals surface area contributed by atoms with Crippen LogP contribution in [0.15, 0.2) is 42.5 Å². The van der Waals surface area contributed by atoms with Crippen LogP contribution in [0.2, 0.25) is 5.02 Å². The van der Waals surface area contributed by atoms with Crippen LogP contribution in [0.5, 0.6) is 5.75 Å². The minimum atomic E-state index is -0.587. The third kappa shape index (κ3) is 5.74. The summed E-state index contributed by atoms with van der Waals surface area (Å²) in [6.45, 7) is 4.67. The second kappa shape index (κ2) is 9.20. The molecule has 26 heavy (non-hydrogen) atoms. The highest BCUT2D eigenvalue weighted by Crippen LogP contribution is 2.27. The molecule has 1 amide bonds. The molecule has 0 radical (unpaired) electrons. The Morgan fingerprint density at radius 1 is 1.23 bits per heavy atom. The molecule has 0 spiro atoms. The van der Waals surface area contributed by atoms with E-state index in [1.807, 2.05) is 24.3 Å². The normalized spacial score (nSPS) is 10.6. The summed E-state index contributed by atoms with van der Waals surface area (Å²) in [6, 6.07) is 12.1. The standard InChI is InChI=1S/C19H21ClN2O4/c1-13(2)14-5-8-16(9-6-14)26-11-3-4-19(23)21-15-7-10-17(20)18(12-15)22(24)25/h5-10,12-13H,3-4,11H2,1-2H3,(H,21,23). The van der Waals surface area contributed by atoms with E-state index in [4.69, 9.17) is 16.3 Å². The van der Waals surface area contributed by atoms with E-state index in [1.54, 1.807) is 0 Å². The number of nitrogens with one attached hydrogen (secondary N) is 1. The largest absolute Gasteiger partial charge is 0.494 e. The van der Waals surface area contributed by atoms with Crippen molar-refractivity contribution in [2.24, 2.45) is 0 Å². The van der Waals surface area contributed by atoms with Crippen LogP contribution in [0.25, 0.3) is 0 Å². The molecule has 7 heteroatoms. The fourth-order valence-electron chi connectivity index (χ4n) is 2.33. The fourth-order valence-corrected chi connectivity index (χ4v) is 2.51. The van der Waals surface area contributed by atoms with Crippen molar-refractivity contribution in [2.45, 2.75) is 32.6 Å². The number of carbonyl (C=O) groups is 1. The lowest BCUT2D eigenvalue weighted by Crippen LogP contribution is -2.13. The van der Waals surface area contributed by atoms with Gasteiger partial charge in [0.2, 0.25) is 5.91 Å². The van der Waals surface area contributed by atoms with E-state index in [2.05, 4.69) is 19.2 Å². The van der Waals surface area contributed by atoms with E-state index in [1.165, 1.54) is 23.8 Å². The molecule has 0 aliphatic carbocycles. The average molecular weight is 377 g/mol. The van der Waals surface area contributed by atoms with Gasteiger partial charge in [0.15, 0.2) is 0 Å². The molecule has 2 aromatic rings. The smallest absolute Gasteiger partial charge is 0.289 e. The van der Waals surface area contributed by atoms with Crippen LogP contribution in [0.4, 0.5) is 11.4 Å². The van der Waals surface area contributed by atoms with Gasteiger partial charge in [0.25, 0.3) is 5.69 Å². The summed E-state index contributed by atoms with van der Waals surface area (Å²) >= 11 is 5.74. The van der Waals surface area contributed by atoms with Crippen LogP contribution in [0.1, 0.15) is 38.2 Å². The van der Waals surface area contributed by atoms with Crippen LogP contribution in [-0.4, -0.2) is 17.4 Å². The molecule has 0 bridgehead atoms. The molecule has 0 saturated carbocycles. The van der Waals surface area contributed by atoms with E-state index in [0.717, 1.165) is 5.75 Å². The first kappa shape index (κ1) is 19.7. The number of ether oxygens (including phenoxy) is 1. The Bertz CT molecular complexity index is 776. The summed E-state index contributed by atoms with van der Waals surface area (Å²) in [4.78, 5) is 22.2. The number of nitro groups is 1. The van der Waals surface area contributed by atoms with Crippen molar-refractivity contribution in [2.75, 3.05) is 11.9 Å². The first-order chi connectivity index (χ1) is 12.4. The molecule has 0 aliphatic rings. The molecule has 6 nitrogen and oxygen atoms in total. The molecule has 138 valence electrons. The highest BCUT2D eigenvalue weighted by atomic mass is 35.5. The van der Waals surface area contributed by atoms with Crippen molar-refractivity contribution in [1.29, 1.82) is 0 Å². The Hall–Kier alpha value is -2.60. The summed E-state index contributed by atoms with van der Waals surface area (Å²) in [7, 11) is 0. The monoisotopic (exact) mass is 376 g/mol. The van der Waals surface area contributed by atoms with E-state index in [-0.39, 0.29) is 23.0 Å². The quantitative estimate of drug-likeness (QED) is 0.391. The third-order valence-electron chi connectivity index (χ3n) is 3.79. The third-order valence-corrected chi connectivity index (χ3v) is 4.11. The molecule has 0 unspecified atom stereocenters. The molecule has 0 fully saturated rings. The molecule has 0 aromatic heterocycles. The van der Waals surface area contributed by atoms with Gasteiger partial charge in [0.1, 0.15) is 10.8 Å². The molecule has 0 atom stereocenters. The zero-order chi connectivity index (χ0) is 19.1. The van der Waals surface area contributed by atoms with Gasteiger partial charge in [0, 0.05) is 18.2 Å². The van der Waals surface area contributed by atoms with Crippen LogP contribution in [-0.2, 0) is 4.79 Å².